The van der Waals surface area contributed by atoms with Crippen LogP contribution in [0.4, 0.5) is 4.39 Å². The van der Waals surface area contributed by atoms with E-state index in [0.717, 1.165) is 5.56 Å². The summed E-state index contributed by atoms with van der Waals surface area (Å²) in [6.45, 7) is 3.43. The van der Waals surface area contributed by atoms with Gasteiger partial charge < -0.3 is 4.74 Å². The normalized spacial score (nSPS) is 9.27. The first-order chi connectivity index (χ1) is 5.27. The van der Waals surface area contributed by atoms with E-state index in [1.54, 1.807) is 12.1 Å². The second-order valence-corrected chi connectivity index (χ2v) is 2.03. The molecule has 2 heteroatoms. The number of benzene rings is 1. The highest BCUT2D eigenvalue weighted by atomic mass is 19.1. The van der Waals surface area contributed by atoms with E-state index in [1.807, 2.05) is 0 Å². The molecule has 0 N–H and O–H groups in total. The van der Waals surface area contributed by atoms with Gasteiger partial charge in [-0.15, -0.1) is 0 Å². The van der Waals surface area contributed by atoms with Crippen LogP contribution in [0.5, 0.6) is 5.75 Å². The van der Waals surface area contributed by atoms with Crippen molar-refractivity contribution in [2.75, 3.05) is 7.11 Å². The predicted octanol–water partition coefficient (Wildman–Crippen LogP) is 2.17. The van der Waals surface area contributed by atoms with Crippen molar-refractivity contribution < 1.29 is 9.13 Å². The zero-order valence-electron chi connectivity index (χ0n) is 6.23. The summed E-state index contributed by atoms with van der Waals surface area (Å²) >= 11 is 0. The van der Waals surface area contributed by atoms with Crippen molar-refractivity contribution in [3.05, 3.63) is 42.2 Å². The molecule has 1 aromatic carbocycles. The predicted molar refractivity (Wildman–Crippen MR) is 40.9 cm³/mol. The molecular weight excluding hydrogens is 143 g/mol. The molecule has 57 valence electrons. The lowest BCUT2D eigenvalue weighted by molar-refractivity contribution is 0.386. The zero-order valence-corrected chi connectivity index (χ0v) is 6.23. The van der Waals surface area contributed by atoms with Crippen LogP contribution in [-0.4, -0.2) is 7.11 Å². The Kier molecular flexibility index (Phi) is 2.26. The van der Waals surface area contributed by atoms with Crippen LogP contribution >= 0.6 is 0 Å². The van der Waals surface area contributed by atoms with Crippen LogP contribution in [0.3, 0.4) is 0 Å². The molecule has 0 aliphatic carbocycles. The van der Waals surface area contributed by atoms with Crippen LogP contribution in [0.15, 0.2) is 24.8 Å². The average molecular weight is 151 g/mol. The third kappa shape index (κ3) is 1.58. The molecule has 11 heavy (non-hydrogen) atoms. The lowest BCUT2D eigenvalue weighted by atomic mass is 10.2. The van der Waals surface area contributed by atoms with Gasteiger partial charge in [-0.25, -0.2) is 4.39 Å². The van der Waals surface area contributed by atoms with Gasteiger partial charge in [0, 0.05) is 0 Å². The Labute approximate surface area is 65.1 Å². The van der Waals surface area contributed by atoms with Gasteiger partial charge in [0.25, 0.3) is 0 Å². The van der Waals surface area contributed by atoms with Crippen LogP contribution in [0.2, 0.25) is 0 Å². The fourth-order valence-corrected chi connectivity index (χ4v) is 0.770. The Morgan fingerprint density at radius 3 is 2.82 bits per heavy atom. The van der Waals surface area contributed by atoms with Crippen molar-refractivity contribution in [2.24, 2.45) is 0 Å². The molecule has 0 aliphatic heterocycles. The first-order valence-corrected chi connectivity index (χ1v) is 3.14. The van der Waals surface area contributed by atoms with E-state index >= 15 is 0 Å². The summed E-state index contributed by atoms with van der Waals surface area (Å²) < 4.78 is 17.5. The van der Waals surface area contributed by atoms with Gasteiger partial charge in [-0.05, 0) is 23.8 Å². The van der Waals surface area contributed by atoms with E-state index in [-0.39, 0.29) is 11.6 Å². The molecular formula is C9H8FO. The smallest absolute Gasteiger partial charge is 0.165 e. The maximum atomic E-state index is 12.7. The van der Waals surface area contributed by atoms with Gasteiger partial charge in [-0.3, -0.25) is 0 Å². The van der Waals surface area contributed by atoms with E-state index in [2.05, 4.69) is 12.7 Å². The van der Waals surface area contributed by atoms with Gasteiger partial charge in [0.2, 0.25) is 0 Å². The monoisotopic (exact) mass is 151 g/mol. The van der Waals surface area contributed by atoms with Gasteiger partial charge in [0.1, 0.15) is 0 Å². The van der Waals surface area contributed by atoms with Crippen LogP contribution < -0.4 is 4.74 Å². The minimum atomic E-state index is -0.369. The molecule has 0 bridgehead atoms. The molecule has 0 amide bonds. The van der Waals surface area contributed by atoms with Crippen LogP contribution in [0.1, 0.15) is 5.56 Å². The third-order valence-electron chi connectivity index (χ3n) is 1.36. The van der Waals surface area contributed by atoms with Crippen molar-refractivity contribution in [3.8, 4) is 5.75 Å². The highest BCUT2D eigenvalue weighted by Gasteiger charge is 2.00. The van der Waals surface area contributed by atoms with Crippen LogP contribution in [0.25, 0.3) is 0 Å². The summed E-state index contributed by atoms with van der Waals surface area (Å²) in [4.78, 5) is 0. The Morgan fingerprint density at radius 2 is 2.27 bits per heavy atom. The van der Waals surface area contributed by atoms with Crippen molar-refractivity contribution in [1.29, 1.82) is 0 Å². The number of methoxy groups -OCH3 is 1. The second kappa shape index (κ2) is 3.19. The van der Waals surface area contributed by atoms with Crippen molar-refractivity contribution in [3.63, 3.8) is 0 Å². The van der Waals surface area contributed by atoms with Crippen molar-refractivity contribution >= 4 is 0 Å². The molecule has 0 atom stereocenters. The standard InChI is InChI=1S/C9H8FO/c1-3-7-4-5-8(10)9(6-7)11-2/h4-6H,1H2,2H3. The first kappa shape index (κ1) is 7.79. The number of hydrogen-bond donors (Lipinski definition) is 0. The van der Waals surface area contributed by atoms with Crippen LogP contribution in [0, 0.1) is 11.9 Å². The Balaban J connectivity index is 3.12. The molecule has 0 unspecified atom stereocenters. The molecule has 0 saturated heterocycles. The summed E-state index contributed by atoms with van der Waals surface area (Å²) in [6.07, 6.45) is 2.63. The lowest BCUT2D eigenvalue weighted by Gasteiger charge is -2.01. The molecule has 0 aromatic heterocycles. The van der Waals surface area contributed by atoms with E-state index in [4.69, 9.17) is 4.74 Å². The highest BCUT2D eigenvalue weighted by molar-refractivity contribution is 5.32. The topological polar surface area (TPSA) is 9.23 Å². The van der Waals surface area contributed by atoms with E-state index in [9.17, 15) is 4.39 Å². The molecule has 0 saturated carbocycles. The van der Waals surface area contributed by atoms with Crippen molar-refractivity contribution in [2.45, 2.75) is 0 Å². The van der Waals surface area contributed by atoms with E-state index in [0.29, 0.717) is 0 Å². The molecule has 1 rings (SSSR count). The summed E-state index contributed by atoms with van der Waals surface area (Å²) in [7, 11) is 1.42. The quantitative estimate of drug-likeness (QED) is 0.629. The van der Waals surface area contributed by atoms with Gasteiger partial charge >= 0.3 is 0 Å². The first-order valence-electron chi connectivity index (χ1n) is 3.14. The van der Waals surface area contributed by atoms with Gasteiger partial charge in [0.05, 0.1) is 7.11 Å². The molecule has 0 spiro atoms. The highest BCUT2D eigenvalue weighted by Crippen LogP contribution is 2.17. The third-order valence-corrected chi connectivity index (χ3v) is 1.36. The Morgan fingerprint density at radius 1 is 1.55 bits per heavy atom. The van der Waals surface area contributed by atoms with E-state index in [1.165, 1.54) is 13.2 Å². The second-order valence-electron chi connectivity index (χ2n) is 2.03. The molecule has 0 aliphatic rings. The minimum Gasteiger partial charge on any atom is -0.494 e. The molecule has 0 heterocycles. The number of halogens is 1. The summed E-state index contributed by atoms with van der Waals surface area (Å²) in [5, 5.41) is 0. The van der Waals surface area contributed by atoms with E-state index < -0.39 is 0 Å². The van der Waals surface area contributed by atoms with Crippen molar-refractivity contribution in [1.82, 2.24) is 0 Å². The maximum absolute atomic E-state index is 12.7. The zero-order chi connectivity index (χ0) is 8.27. The number of hydrogen-bond acceptors (Lipinski definition) is 1. The van der Waals surface area contributed by atoms with Crippen LogP contribution in [-0.2, 0) is 0 Å². The van der Waals surface area contributed by atoms with Gasteiger partial charge in [-0.2, -0.15) is 0 Å². The molecule has 0 fully saturated rings. The fraction of sp³-hybridized carbons (Fsp3) is 0.111. The fourth-order valence-electron chi connectivity index (χ4n) is 0.770. The Hall–Kier alpha value is -1.31. The number of rotatable bonds is 2. The molecule has 1 nitrogen and oxygen atoms in total. The molecule has 1 aromatic rings. The average Bonchev–Trinajstić information content (AvgIpc) is 2.05. The number of ether oxygens (including phenoxy) is 1. The maximum Gasteiger partial charge on any atom is 0.165 e. The van der Waals surface area contributed by atoms with Gasteiger partial charge in [-0.1, -0.05) is 12.6 Å². The SMILES string of the molecule is C=[C]c1ccc(F)c(OC)c1. The summed E-state index contributed by atoms with van der Waals surface area (Å²) in [5.41, 5.74) is 0.725. The largest absolute Gasteiger partial charge is 0.494 e. The Bertz CT molecular complexity index is 268. The molecule has 1 radical (unpaired) electrons. The summed E-state index contributed by atoms with van der Waals surface area (Å²) in [5.74, 6) is -0.148. The van der Waals surface area contributed by atoms with Gasteiger partial charge in [0.15, 0.2) is 11.6 Å². The summed E-state index contributed by atoms with van der Waals surface area (Å²) in [6, 6.07) is 4.46. The lowest BCUT2D eigenvalue weighted by Crippen LogP contribution is -1.88. The minimum absolute atomic E-state index is 0.221.